The molecule has 1 aromatic rings. The molecule has 164 valence electrons. The quantitative estimate of drug-likeness (QED) is 0.342. The van der Waals surface area contributed by atoms with Crippen molar-refractivity contribution in [3.05, 3.63) is 18.2 Å². The Balaban J connectivity index is 1.21. The summed E-state index contributed by atoms with van der Waals surface area (Å²) >= 11 is 0. The van der Waals surface area contributed by atoms with Gasteiger partial charge in [0.05, 0.1) is 6.61 Å². The van der Waals surface area contributed by atoms with E-state index >= 15 is 0 Å². The molecule has 0 aromatic heterocycles. The van der Waals surface area contributed by atoms with E-state index in [1.807, 2.05) is 18.2 Å². The van der Waals surface area contributed by atoms with Crippen LogP contribution in [0.4, 0.5) is 0 Å². The lowest BCUT2D eigenvalue weighted by atomic mass is 9.98. The third-order valence-electron chi connectivity index (χ3n) is 5.96. The molecule has 2 fully saturated rings. The number of unbranched alkanes of at least 4 members (excludes halogenated alkanes) is 2. The smallest absolute Gasteiger partial charge is 0.421 e. The maximum atomic E-state index is 11.7. The molecule has 2 saturated heterocycles. The highest BCUT2D eigenvalue weighted by Gasteiger charge is 2.55. The predicted octanol–water partition coefficient (Wildman–Crippen LogP) is 3.37. The van der Waals surface area contributed by atoms with Gasteiger partial charge in [-0.15, -0.1) is 0 Å². The molecule has 1 atom stereocenters. The Bertz CT molecular complexity index is 765. The van der Waals surface area contributed by atoms with E-state index < -0.39 is 17.8 Å². The third kappa shape index (κ3) is 4.33. The SMILES string of the molecule is CCC(CCCCCOc1ccc2c(c1)OCO2)N1CCCCC12OC(=O)C(=O)O2. The van der Waals surface area contributed by atoms with Gasteiger partial charge in [-0.05, 0) is 44.2 Å². The van der Waals surface area contributed by atoms with Crippen LogP contribution in [0.25, 0.3) is 0 Å². The number of ether oxygens (including phenoxy) is 5. The second-order valence-electron chi connectivity index (χ2n) is 7.92. The van der Waals surface area contributed by atoms with Crippen LogP contribution in [0.2, 0.25) is 0 Å². The van der Waals surface area contributed by atoms with Crippen molar-refractivity contribution in [1.29, 1.82) is 0 Å². The summed E-state index contributed by atoms with van der Waals surface area (Å²) in [5, 5.41) is 0. The first-order chi connectivity index (χ1) is 14.6. The van der Waals surface area contributed by atoms with Gasteiger partial charge < -0.3 is 23.7 Å². The second-order valence-corrected chi connectivity index (χ2v) is 7.92. The standard InChI is InChI=1S/C22H29NO7/c1-2-16(23-12-6-5-11-22(23)29-20(24)21(25)30-22)8-4-3-7-13-26-17-9-10-18-19(14-17)28-15-27-18/h9-10,14,16H,2-8,11-13,15H2,1H3. The molecule has 1 unspecified atom stereocenters. The molecule has 3 aliphatic heterocycles. The molecule has 3 aliphatic rings. The Morgan fingerprint density at radius 2 is 1.87 bits per heavy atom. The minimum absolute atomic E-state index is 0.207. The number of likely N-dealkylation sites (tertiary alicyclic amines) is 1. The lowest BCUT2D eigenvalue weighted by Gasteiger charge is -2.44. The summed E-state index contributed by atoms with van der Waals surface area (Å²) in [5.74, 6) is -0.681. The van der Waals surface area contributed by atoms with E-state index in [2.05, 4.69) is 11.8 Å². The van der Waals surface area contributed by atoms with Crippen LogP contribution in [0.3, 0.4) is 0 Å². The number of carbonyl (C=O) groups is 2. The lowest BCUT2D eigenvalue weighted by molar-refractivity contribution is -0.274. The number of benzene rings is 1. The van der Waals surface area contributed by atoms with Gasteiger partial charge in [-0.25, -0.2) is 14.5 Å². The predicted molar refractivity (Wildman–Crippen MR) is 106 cm³/mol. The van der Waals surface area contributed by atoms with Crippen molar-refractivity contribution in [3.63, 3.8) is 0 Å². The minimum Gasteiger partial charge on any atom is -0.493 e. The molecule has 8 nitrogen and oxygen atoms in total. The van der Waals surface area contributed by atoms with Crippen LogP contribution in [0.15, 0.2) is 18.2 Å². The van der Waals surface area contributed by atoms with E-state index in [9.17, 15) is 9.59 Å². The molecule has 1 spiro atoms. The summed E-state index contributed by atoms with van der Waals surface area (Å²) in [6, 6.07) is 5.82. The maximum Gasteiger partial charge on any atom is 0.421 e. The molecule has 0 N–H and O–H groups in total. The number of rotatable bonds is 9. The summed E-state index contributed by atoms with van der Waals surface area (Å²) < 4.78 is 27.3. The van der Waals surface area contributed by atoms with Gasteiger partial charge in [0.15, 0.2) is 11.5 Å². The summed E-state index contributed by atoms with van der Waals surface area (Å²) in [5.41, 5.74) is 0. The lowest BCUT2D eigenvalue weighted by Crippen LogP contribution is -2.57. The monoisotopic (exact) mass is 419 g/mol. The Morgan fingerprint density at radius 1 is 1.07 bits per heavy atom. The zero-order valence-electron chi connectivity index (χ0n) is 17.4. The van der Waals surface area contributed by atoms with Crippen molar-refractivity contribution in [2.45, 2.75) is 70.2 Å². The van der Waals surface area contributed by atoms with Crippen molar-refractivity contribution in [2.75, 3.05) is 19.9 Å². The Morgan fingerprint density at radius 3 is 2.67 bits per heavy atom. The molecule has 4 rings (SSSR count). The fourth-order valence-corrected chi connectivity index (χ4v) is 4.41. The number of piperidine rings is 1. The van der Waals surface area contributed by atoms with Crippen molar-refractivity contribution in [3.8, 4) is 17.2 Å². The molecule has 0 radical (unpaired) electrons. The summed E-state index contributed by atoms with van der Waals surface area (Å²) in [4.78, 5) is 25.4. The van der Waals surface area contributed by atoms with E-state index in [1.165, 1.54) is 0 Å². The van der Waals surface area contributed by atoms with Gasteiger partial charge in [-0.2, -0.15) is 0 Å². The average Bonchev–Trinajstić information content (AvgIpc) is 3.32. The molecule has 8 heteroatoms. The van der Waals surface area contributed by atoms with Crippen LogP contribution in [0.5, 0.6) is 17.2 Å². The molecular formula is C22H29NO7. The van der Waals surface area contributed by atoms with Crippen LogP contribution < -0.4 is 14.2 Å². The molecule has 0 bridgehead atoms. The summed E-state index contributed by atoms with van der Waals surface area (Å²) in [7, 11) is 0. The normalized spacial score (nSPS) is 20.8. The largest absolute Gasteiger partial charge is 0.493 e. The van der Waals surface area contributed by atoms with E-state index in [-0.39, 0.29) is 12.8 Å². The Kier molecular flexibility index (Phi) is 6.32. The van der Waals surface area contributed by atoms with Crippen LogP contribution in [-0.2, 0) is 19.1 Å². The van der Waals surface area contributed by atoms with Crippen molar-refractivity contribution >= 4 is 11.9 Å². The highest BCUT2D eigenvalue weighted by molar-refractivity contribution is 6.31. The van der Waals surface area contributed by atoms with Gasteiger partial charge in [0, 0.05) is 25.1 Å². The highest BCUT2D eigenvalue weighted by Crippen LogP contribution is 2.38. The van der Waals surface area contributed by atoms with Gasteiger partial charge >= 0.3 is 17.8 Å². The number of nitrogens with zero attached hydrogens (tertiary/aromatic N) is 1. The number of carbonyl (C=O) groups excluding carboxylic acids is 2. The number of fused-ring (bicyclic) bond motifs is 1. The van der Waals surface area contributed by atoms with Crippen molar-refractivity contribution < 1.29 is 33.3 Å². The van der Waals surface area contributed by atoms with E-state index in [0.717, 1.165) is 68.7 Å². The topological polar surface area (TPSA) is 83.5 Å². The van der Waals surface area contributed by atoms with Crippen LogP contribution in [-0.4, -0.2) is 48.7 Å². The van der Waals surface area contributed by atoms with Gasteiger partial charge in [0.25, 0.3) is 0 Å². The van der Waals surface area contributed by atoms with Gasteiger partial charge in [-0.1, -0.05) is 19.8 Å². The van der Waals surface area contributed by atoms with Crippen molar-refractivity contribution in [1.82, 2.24) is 4.90 Å². The molecular weight excluding hydrogens is 390 g/mol. The van der Waals surface area contributed by atoms with Gasteiger partial charge in [-0.3, -0.25) is 0 Å². The number of esters is 2. The molecule has 0 amide bonds. The first-order valence-corrected chi connectivity index (χ1v) is 10.9. The number of hydrogen-bond donors (Lipinski definition) is 0. The molecule has 1 aromatic carbocycles. The van der Waals surface area contributed by atoms with Crippen molar-refractivity contribution in [2.24, 2.45) is 0 Å². The Hall–Kier alpha value is -2.48. The second kappa shape index (κ2) is 9.12. The molecule has 0 saturated carbocycles. The first kappa shape index (κ1) is 20.8. The first-order valence-electron chi connectivity index (χ1n) is 10.9. The summed E-state index contributed by atoms with van der Waals surface area (Å²) in [6.07, 6.45) is 7.30. The molecule has 0 aliphatic carbocycles. The zero-order chi connectivity index (χ0) is 21.0. The van der Waals surface area contributed by atoms with Crippen LogP contribution in [0, 0.1) is 0 Å². The third-order valence-corrected chi connectivity index (χ3v) is 5.96. The Labute approximate surface area is 176 Å². The van der Waals surface area contributed by atoms with Gasteiger partial charge in [0.1, 0.15) is 5.75 Å². The fraction of sp³-hybridized carbons (Fsp3) is 0.636. The fourth-order valence-electron chi connectivity index (χ4n) is 4.41. The van der Waals surface area contributed by atoms with E-state index in [0.29, 0.717) is 13.0 Å². The highest BCUT2D eigenvalue weighted by atomic mass is 16.8. The van der Waals surface area contributed by atoms with E-state index in [4.69, 9.17) is 23.7 Å². The van der Waals surface area contributed by atoms with Gasteiger partial charge in [0.2, 0.25) is 6.79 Å². The average molecular weight is 419 g/mol. The summed E-state index contributed by atoms with van der Waals surface area (Å²) in [6.45, 7) is 3.79. The van der Waals surface area contributed by atoms with Crippen LogP contribution in [0.1, 0.15) is 58.3 Å². The minimum atomic E-state index is -1.18. The molecule has 30 heavy (non-hydrogen) atoms. The maximum absolute atomic E-state index is 11.7. The molecule has 3 heterocycles. The number of hydrogen-bond acceptors (Lipinski definition) is 8. The van der Waals surface area contributed by atoms with E-state index in [1.54, 1.807) is 0 Å². The van der Waals surface area contributed by atoms with Crippen LogP contribution >= 0.6 is 0 Å². The zero-order valence-corrected chi connectivity index (χ0v) is 17.4.